The molecule has 168 valence electrons. The van der Waals surface area contributed by atoms with Gasteiger partial charge in [-0.3, -0.25) is 9.89 Å². The summed E-state index contributed by atoms with van der Waals surface area (Å²) in [6.45, 7) is 5.72. The molecule has 2 aromatic carbocycles. The van der Waals surface area contributed by atoms with E-state index in [9.17, 15) is 9.50 Å². The number of likely N-dealkylation sites (tertiary alicyclic amines) is 1. The molecule has 2 atom stereocenters. The van der Waals surface area contributed by atoms with E-state index < -0.39 is 6.10 Å². The zero-order valence-corrected chi connectivity index (χ0v) is 18.4. The zero-order chi connectivity index (χ0) is 22.1. The van der Waals surface area contributed by atoms with Gasteiger partial charge >= 0.3 is 0 Å². The van der Waals surface area contributed by atoms with E-state index in [-0.39, 0.29) is 18.4 Å². The Morgan fingerprint density at radius 2 is 1.87 bits per heavy atom. The Kier molecular flexibility index (Phi) is 8.67. The van der Waals surface area contributed by atoms with Crippen molar-refractivity contribution in [2.45, 2.75) is 31.9 Å². The average Bonchev–Trinajstić information content (AvgIpc) is 3.32. The van der Waals surface area contributed by atoms with Gasteiger partial charge in [0.05, 0.1) is 25.8 Å². The molecule has 7 heteroatoms. The lowest BCUT2D eigenvalue weighted by Crippen LogP contribution is -2.40. The lowest BCUT2D eigenvalue weighted by atomic mass is 10.1. The summed E-state index contributed by atoms with van der Waals surface area (Å²) in [5.74, 6) is 1.18. The third-order valence-corrected chi connectivity index (χ3v) is 5.54. The maximum absolute atomic E-state index is 13.1. The summed E-state index contributed by atoms with van der Waals surface area (Å²) in [6, 6.07) is 14.2. The van der Waals surface area contributed by atoms with Crippen LogP contribution in [-0.4, -0.2) is 55.8 Å². The number of hydrogen-bond acceptors (Lipinski definition) is 4. The summed E-state index contributed by atoms with van der Waals surface area (Å²) in [6.07, 6.45) is 1.65. The summed E-state index contributed by atoms with van der Waals surface area (Å²) >= 11 is 0. The second-order valence-electron chi connectivity index (χ2n) is 7.70. The SMILES string of the molecule is CCNC(=NCC(c1cccc(OC)c1)N1CCCC1)NCC(O)c1ccc(F)cc1. The van der Waals surface area contributed by atoms with Crippen LogP contribution in [0, 0.1) is 5.82 Å². The van der Waals surface area contributed by atoms with Crippen LogP contribution in [0.25, 0.3) is 0 Å². The van der Waals surface area contributed by atoms with Gasteiger partial charge in [-0.05, 0) is 68.2 Å². The number of hydrogen-bond donors (Lipinski definition) is 3. The van der Waals surface area contributed by atoms with E-state index in [1.165, 1.54) is 30.5 Å². The molecule has 0 radical (unpaired) electrons. The van der Waals surface area contributed by atoms with Gasteiger partial charge in [-0.1, -0.05) is 24.3 Å². The van der Waals surface area contributed by atoms with Gasteiger partial charge < -0.3 is 20.5 Å². The van der Waals surface area contributed by atoms with Gasteiger partial charge in [0.15, 0.2) is 5.96 Å². The number of methoxy groups -OCH3 is 1. The molecule has 6 nitrogen and oxygen atoms in total. The number of aliphatic hydroxyl groups is 1. The van der Waals surface area contributed by atoms with Gasteiger partial charge in [-0.2, -0.15) is 0 Å². The number of guanidine groups is 1. The largest absolute Gasteiger partial charge is 0.497 e. The molecule has 1 saturated heterocycles. The van der Waals surface area contributed by atoms with Crippen LogP contribution in [0.5, 0.6) is 5.75 Å². The first-order valence-electron chi connectivity index (χ1n) is 10.9. The minimum absolute atomic E-state index is 0.162. The topological polar surface area (TPSA) is 69.1 Å². The van der Waals surface area contributed by atoms with Crippen LogP contribution in [0.3, 0.4) is 0 Å². The van der Waals surface area contributed by atoms with Gasteiger partial charge in [-0.25, -0.2) is 4.39 Å². The highest BCUT2D eigenvalue weighted by Gasteiger charge is 2.24. The Hall–Kier alpha value is -2.64. The zero-order valence-electron chi connectivity index (χ0n) is 18.4. The first-order valence-corrected chi connectivity index (χ1v) is 10.9. The van der Waals surface area contributed by atoms with E-state index in [1.807, 2.05) is 19.1 Å². The van der Waals surface area contributed by atoms with Gasteiger partial charge in [0.25, 0.3) is 0 Å². The van der Waals surface area contributed by atoms with Crippen LogP contribution in [0.4, 0.5) is 4.39 Å². The van der Waals surface area contributed by atoms with Gasteiger partial charge in [-0.15, -0.1) is 0 Å². The molecule has 1 heterocycles. The van der Waals surface area contributed by atoms with Crippen LogP contribution < -0.4 is 15.4 Å². The third-order valence-electron chi connectivity index (χ3n) is 5.54. The first-order chi connectivity index (χ1) is 15.1. The fourth-order valence-electron chi connectivity index (χ4n) is 3.85. The van der Waals surface area contributed by atoms with Crippen molar-refractivity contribution in [1.29, 1.82) is 0 Å². The van der Waals surface area contributed by atoms with Gasteiger partial charge in [0.2, 0.25) is 0 Å². The highest BCUT2D eigenvalue weighted by molar-refractivity contribution is 5.79. The van der Waals surface area contributed by atoms with Crippen molar-refractivity contribution in [2.24, 2.45) is 4.99 Å². The Morgan fingerprint density at radius 1 is 1.13 bits per heavy atom. The summed E-state index contributed by atoms with van der Waals surface area (Å²) in [5.41, 5.74) is 1.85. The second kappa shape index (κ2) is 11.7. The molecule has 2 aromatic rings. The number of benzene rings is 2. The van der Waals surface area contributed by atoms with Crippen molar-refractivity contribution in [3.63, 3.8) is 0 Å². The van der Waals surface area contributed by atoms with Crippen molar-refractivity contribution in [2.75, 3.05) is 39.8 Å². The number of rotatable bonds is 9. The Balaban J connectivity index is 1.69. The summed E-state index contributed by atoms with van der Waals surface area (Å²) < 4.78 is 18.5. The molecule has 0 spiro atoms. The van der Waals surface area contributed by atoms with E-state index >= 15 is 0 Å². The summed E-state index contributed by atoms with van der Waals surface area (Å²) in [5, 5.41) is 16.9. The number of ether oxygens (including phenoxy) is 1. The Labute approximate surface area is 184 Å². The van der Waals surface area contributed by atoms with Crippen molar-refractivity contribution < 1.29 is 14.2 Å². The van der Waals surface area contributed by atoms with Crippen LogP contribution in [0.1, 0.15) is 43.0 Å². The average molecular weight is 429 g/mol. The van der Waals surface area contributed by atoms with E-state index in [2.05, 4.69) is 27.7 Å². The van der Waals surface area contributed by atoms with E-state index in [4.69, 9.17) is 9.73 Å². The highest BCUT2D eigenvalue weighted by atomic mass is 19.1. The molecule has 3 rings (SSSR count). The van der Waals surface area contributed by atoms with Gasteiger partial charge in [0, 0.05) is 13.1 Å². The normalized spacial score (nSPS) is 16.7. The van der Waals surface area contributed by atoms with Crippen molar-refractivity contribution in [1.82, 2.24) is 15.5 Å². The van der Waals surface area contributed by atoms with E-state index in [0.717, 1.165) is 18.8 Å². The lowest BCUT2D eigenvalue weighted by molar-refractivity contribution is 0.180. The third kappa shape index (κ3) is 6.67. The van der Waals surface area contributed by atoms with E-state index in [0.29, 0.717) is 24.6 Å². The molecule has 0 amide bonds. The number of nitrogens with zero attached hydrogens (tertiary/aromatic N) is 2. The monoisotopic (exact) mass is 428 g/mol. The molecule has 0 bridgehead atoms. The minimum Gasteiger partial charge on any atom is -0.497 e. The summed E-state index contributed by atoms with van der Waals surface area (Å²) in [4.78, 5) is 7.28. The number of halogens is 1. The summed E-state index contributed by atoms with van der Waals surface area (Å²) in [7, 11) is 1.68. The fraction of sp³-hybridized carbons (Fsp3) is 0.458. The first kappa shape index (κ1) is 23.0. The molecular formula is C24H33FN4O2. The molecule has 0 aromatic heterocycles. The fourth-order valence-corrected chi connectivity index (χ4v) is 3.85. The van der Waals surface area contributed by atoms with E-state index in [1.54, 1.807) is 19.2 Å². The number of aliphatic imine (C=N–C) groups is 1. The number of nitrogens with one attached hydrogen (secondary N) is 2. The predicted molar refractivity (Wildman–Crippen MR) is 122 cm³/mol. The highest BCUT2D eigenvalue weighted by Crippen LogP contribution is 2.28. The lowest BCUT2D eigenvalue weighted by Gasteiger charge is -2.27. The Morgan fingerprint density at radius 3 is 2.55 bits per heavy atom. The van der Waals surface area contributed by atoms with Crippen LogP contribution in [-0.2, 0) is 0 Å². The molecule has 1 fully saturated rings. The molecular weight excluding hydrogens is 395 g/mol. The second-order valence-corrected chi connectivity index (χ2v) is 7.70. The molecule has 0 aliphatic carbocycles. The van der Waals surface area contributed by atoms with Crippen LogP contribution >= 0.6 is 0 Å². The number of aliphatic hydroxyl groups excluding tert-OH is 1. The molecule has 1 aliphatic heterocycles. The standard InChI is InChI=1S/C24H33FN4O2/c1-3-26-24(28-17-23(30)18-9-11-20(25)12-10-18)27-16-22(29-13-4-5-14-29)19-7-6-8-21(15-19)31-2/h6-12,15,22-23,30H,3-5,13-14,16-17H2,1-2H3,(H2,26,27,28). The van der Waals surface area contributed by atoms with Gasteiger partial charge in [0.1, 0.15) is 11.6 Å². The maximum atomic E-state index is 13.1. The molecule has 2 unspecified atom stereocenters. The maximum Gasteiger partial charge on any atom is 0.191 e. The van der Waals surface area contributed by atoms with Crippen molar-refractivity contribution in [3.8, 4) is 5.75 Å². The van der Waals surface area contributed by atoms with Crippen molar-refractivity contribution >= 4 is 5.96 Å². The quantitative estimate of drug-likeness (QED) is 0.423. The smallest absolute Gasteiger partial charge is 0.191 e. The van der Waals surface area contributed by atoms with Crippen LogP contribution in [0.2, 0.25) is 0 Å². The Bertz CT molecular complexity index is 838. The molecule has 3 N–H and O–H groups in total. The predicted octanol–water partition coefficient (Wildman–Crippen LogP) is 3.26. The molecule has 1 aliphatic rings. The molecule has 0 saturated carbocycles. The van der Waals surface area contributed by atoms with Crippen LogP contribution in [0.15, 0.2) is 53.5 Å². The molecule has 31 heavy (non-hydrogen) atoms. The van der Waals surface area contributed by atoms with Crippen molar-refractivity contribution in [3.05, 3.63) is 65.5 Å². The minimum atomic E-state index is -0.753.